The first-order valence-corrected chi connectivity index (χ1v) is 7.29. The van der Waals surface area contributed by atoms with Gasteiger partial charge in [-0.1, -0.05) is 17.7 Å². The summed E-state index contributed by atoms with van der Waals surface area (Å²) in [6.07, 6.45) is 3.19. The maximum absolute atomic E-state index is 11.1. The summed E-state index contributed by atoms with van der Waals surface area (Å²) in [7, 11) is 0. The van der Waals surface area contributed by atoms with Crippen LogP contribution < -0.4 is 4.74 Å². The van der Waals surface area contributed by atoms with E-state index in [0.29, 0.717) is 16.5 Å². The van der Waals surface area contributed by atoms with Crippen LogP contribution in [0.1, 0.15) is 15.2 Å². The summed E-state index contributed by atoms with van der Waals surface area (Å²) >= 11 is 7.24. The lowest BCUT2D eigenvalue weighted by Crippen LogP contribution is -1.90. The summed E-state index contributed by atoms with van der Waals surface area (Å²) in [5.41, 5.74) is 0.962. The number of carboxylic acids is 1. The number of thiophene rings is 1. The fourth-order valence-corrected chi connectivity index (χ4v) is 2.94. The zero-order valence-electron chi connectivity index (χ0n) is 11.0. The van der Waals surface area contributed by atoms with Crippen LogP contribution in [-0.4, -0.2) is 16.1 Å². The molecule has 3 aromatic rings. The molecule has 0 atom stereocenters. The molecular weight excluding hydrogens is 310 g/mol. The van der Waals surface area contributed by atoms with Gasteiger partial charge in [0.15, 0.2) is 5.75 Å². The Hall–Kier alpha value is -2.11. The number of pyridine rings is 1. The first kappa shape index (κ1) is 13.9. The normalized spacial score (nSPS) is 10.8. The van der Waals surface area contributed by atoms with Crippen LogP contribution in [0.4, 0.5) is 0 Å². The Labute approximate surface area is 129 Å². The van der Waals surface area contributed by atoms with Crippen molar-refractivity contribution in [3.8, 4) is 11.5 Å². The number of rotatable bonds is 3. The highest BCUT2D eigenvalue weighted by molar-refractivity contribution is 7.20. The average molecular weight is 320 g/mol. The summed E-state index contributed by atoms with van der Waals surface area (Å²) in [5, 5.41) is 10.4. The van der Waals surface area contributed by atoms with Gasteiger partial charge in [0, 0.05) is 16.6 Å². The molecule has 3 rings (SSSR count). The monoisotopic (exact) mass is 319 g/mol. The lowest BCUT2D eigenvalue weighted by Gasteiger charge is -2.07. The summed E-state index contributed by atoms with van der Waals surface area (Å²) in [5.74, 6) is 0.139. The van der Waals surface area contributed by atoms with Crippen LogP contribution in [0.3, 0.4) is 0 Å². The second kappa shape index (κ2) is 5.35. The second-order valence-corrected chi connectivity index (χ2v) is 5.97. The van der Waals surface area contributed by atoms with E-state index in [-0.39, 0.29) is 4.88 Å². The molecule has 0 unspecified atom stereocenters. The highest BCUT2D eigenvalue weighted by Gasteiger charge is 2.13. The van der Waals surface area contributed by atoms with Crippen LogP contribution in [-0.2, 0) is 0 Å². The fraction of sp³-hybridized carbons (Fsp3) is 0.0667. The Kier molecular flexibility index (Phi) is 3.53. The van der Waals surface area contributed by atoms with Gasteiger partial charge >= 0.3 is 5.97 Å². The molecule has 0 aliphatic rings. The van der Waals surface area contributed by atoms with Gasteiger partial charge in [0.25, 0.3) is 0 Å². The number of benzene rings is 1. The number of hydrogen-bond donors (Lipinski definition) is 1. The number of ether oxygens (including phenoxy) is 1. The van der Waals surface area contributed by atoms with Crippen molar-refractivity contribution in [2.75, 3.05) is 0 Å². The van der Waals surface area contributed by atoms with Crippen LogP contribution in [0.2, 0.25) is 5.02 Å². The number of aryl methyl sites for hydroxylation is 1. The molecule has 106 valence electrons. The number of aromatic carboxylic acids is 1. The molecule has 1 aromatic carbocycles. The van der Waals surface area contributed by atoms with Crippen LogP contribution in [0.25, 0.3) is 10.1 Å². The number of halogens is 1. The molecule has 0 bridgehead atoms. The molecule has 0 spiro atoms. The largest absolute Gasteiger partial charge is 0.477 e. The van der Waals surface area contributed by atoms with E-state index in [4.69, 9.17) is 21.4 Å². The zero-order chi connectivity index (χ0) is 15.0. The molecule has 0 aliphatic carbocycles. The molecule has 2 aromatic heterocycles. The van der Waals surface area contributed by atoms with Gasteiger partial charge in [-0.2, -0.15) is 0 Å². The van der Waals surface area contributed by atoms with Crippen LogP contribution in [0.15, 0.2) is 36.7 Å². The van der Waals surface area contributed by atoms with E-state index in [1.807, 2.05) is 19.1 Å². The molecule has 0 radical (unpaired) electrons. The maximum atomic E-state index is 11.1. The van der Waals surface area contributed by atoms with E-state index < -0.39 is 5.97 Å². The smallest absolute Gasteiger partial charge is 0.345 e. The standard InChI is InChI=1S/C15H10ClNO3S/c1-8-2-3-9(4-11(8)16)20-12-6-17-7-14-10(12)5-13(21-14)15(18)19/h2-7H,1H3,(H,18,19). The highest BCUT2D eigenvalue weighted by Crippen LogP contribution is 2.35. The van der Waals surface area contributed by atoms with Gasteiger partial charge in [-0.05, 0) is 30.7 Å². The van der Waals surface area contributed by atoms with Crippen molar-refractivity contribution in [1.29, 1.82) is 0 Å². The third-order valence-corrected chi connectivity index (χ3v) is 4.46. The van der Waals surface area contributed by atoms with Crippen molar-refractivity contribution >= 4 is 39.0 Å². The summed E-state index contributed by atoms with van der Waals surface area (Å²) < 4.78 is 6.55. The first-order valence-electron chi connectivity index (χ1n) is 6.09. The van der Waals surface area contributed by atoms with E-state index in [1.54, 1.807) is 24.5 Å². The van der Waals surface area contributed by atoms with Crippen molar-refractivity contribution in [1.82, 2.24) is 4.98 Å². The van der Waals surface area contributed by atoms with Crippen LogP contribution in [0.5, 0.6) is 11.5 Å². The Bertz CT molecular complexity index is 844. The minimum atomic E-state index is -0.958. The number of carbonyl (C=O) groups is 1. The Morgan fingerprint density at radius 3 is 2.86 bits per heavy atom. The summed E-state index contributed by atoms with van der Waals surface area (Å²) in [6, 6.07) is 6.99. The minimum absolute atomic E-state index is 0.254. The SMILES string of the molecule is Cc1ccc(Oc2cncc3sc(C(=O)O)cc23)cc1Cl. The quantitative estimate of drug-likeness (QED) is 0.757. The van der Waals surface area contributed by atoms with Gasteiger partial charge < -0.3 is 9.84 Å². The zero-order valence-corrected chi connectivity index (χ0v) is 12.5. The van der Waals surface area contributed by atoms with Crippen molar-refractivity contribution in [3.63, 3.8) is 0 Å². The maximum Gasteiger partial charge on any atom is 0.345 e. The van der Waals surface area contributed by atoms with Gasteiger partial charge in [0.2, 0.25) is 0 Å². The third-order valence-electron chi connectivity index (χ3n) is 2.99. The Morgan fingerprint density at radius 2 is 2.14 bits per heavy atom. The number of carboxylic acid groups (broad SMARTS) is 1. The summed E-state index contributed by atoms with van der Waals surface area (Å²) in [6.45, 7) is 1.91. The van der Waals surface area contributed by atoms with Crippen LogP contribution >= 0.6 is 22.9 Å². The molecule has 2 heterocycles. The third kappa shape index (κ3) is 2.70. The Balaban J connectivity index is 2.03. The van der Waals surface area contributed by atoms with E-state index >= 15 is 0 Å². The van der Waals surface area contributed by atoms with Crippen molar-refractivity contribution in [3.05, 3.63) is 52.1 Å². The predicted molar refractivity (Wildman–Crippen MR) is 82.8 cm³/mol. The average Bonchev–Trinajstić information content (AvgIpc) is 2.88. The molecular formula is C15H10ClNO3S. The van der Waals surface area contributed by atoms with Crippen molar-refractivity contribution < 1.29 is 14.6 Å². The van der Waals surface area contributed by atoms with Crippen molar-refractivity contribution in [2.24, 2.45) is 0 Å². The molecule has 21 heavy (non-hydrogen) atoms. The Morgan fingerprint density at radius 1 is 1.33 bits per heavy atom. The van der Waals surface area contributed by atoms with E-state index in [0.717, 1.165) is 15.6 Å². The molecule has 0 saturated carbocycles. The van der Waals surface area contributed by atoms with Gasteiger partial charge in [0.1, 0.15) is 10.6 Å². The molecule has 0 aliphatic heterocycles. The number of aromatic nitrogens is 1. The minimum Gasteiger partial charge on any atom is -0.477 e. The van der Waals surface area contributed by atoms with Gasteiger partial charge in [0.05, 0.1) is 10.9 Å². The van der Waals surface area contributed by atoms with E-state index in [1.165, 1.54) is 11.3 Å². The van der Waals surface area contributed by atoms with Gasteiger partial charge in [-0.25, -0.2) is 4.79 Å². The fourth-order valence-electron chi connectivity index (χ4n) is 1.89. The molecule has 1 N–H and O–H groups in total. The van der Waals surface area contributed by atoms with Crippen molar-refractivity contribution in [2.45, 2.75) is 6.92 Å². The van der Waals surface area contributed by atoms with Crippen LogP contribution in [0, 0.1) is 6.92 Å². The summed E-state index contributed by atoms with van der Waals surface area (Å²) in [4.78, 5) is 15.4. The predicted octanol–water partition coefficient (Wildman–Crippen LogP) is 4.75. The first-order chi connectivity index (χ1) is 10.0. The molecule has 0 fully saturated rings. The number of nitrogens with zero attached hydrogens (tertiary/aromatic N) is 1. The highest BCUT2D eigenvalue weighted by atomic mass is 35.5. The number of fused-ring (bicyclic) bond motifs is 1. The molecule has 6 heteroatoms. The molecule has 4 nitrogen and oxygen atoms in total. The molecule has 0 amide bonds. The lowest BCUT2D eigenvalue weighted by atomic mass is 10.2. The van der Waals surface area contributed by atoms with E-state index in [9.17, 15) is 4.79 Å². The van der Waals surface area contributed by atoms with Gasteiger partial charge in [-0.3, -0.25) is 4.98 Å². The lowest BCUT2D eigenvalue weighted by molar-refractivity contribution is 0.0702. The topological polar surface area (TPSA) is 59.4 Å². The number of hydrogen-bond acceptors (Lipinski definition) is 4. The van der Waals surface area contributed by atoms with E-state index in [2.05, 4.69) is 4.98 Å². The second-order valence-electron chi connectivity index (χ2n) is 4.48. The van der Waals surface area contributed by atoms with Gasteiger partial charge in [-0.15, -0.1) is 11.3 Å². The molecule has 0 saturated heterocycles.